The molecule has 0 amide bonds. The molecule has 1 aromatic heterocycles. The van der Waals surface area contributed by atoms with Crippen LogP contribution < -0.4 is 5.43 Å². The minimum absolute atomic E-state index is 0.315. The van der Waals surface area contributed by atoms with Gasteiger partial charge in [-0.1, -0.05) is 0 Å². The van der Waals surface area contributed by atoms with Gasteiger partial charge in [0, 0.05) is 5.56 Å². The van der Waals surface area contributed by atoms with E-state index in [1.807, 2.05) is 0 Å². The van der Waals surface area contributed by atoms with Gasteiger partial charge < -0.3 is 85.4 Å². The summed E-state index contributed by atoms with van der Waals surface area (Å²) in [5.74, 6) is -10.2. The van der Waals surface area contributed by atoms with Crippen LogP contribution in [-0.4, -0.2) is 127 Å². The molecule has 2 fully saturated rings. The number of phenols is 4. The molecule has 2 aromatic carbocycles. The van der Waals surface area contributed by atoms with Crippen molar-refractivity contribution in [2.75, 3.05) is 6.61 Å². The van der Waals surface area contributed by atoms with Gasteiger partial charge in [0.15, 0.2) is 34.7 Å². The first kappa shape index (κ1) is 32.6. The summed E-state index contributed by atoms with van der Waals surface area (Å²) >= 11 is 0. The lowest BCUT2D eigenvalue weighted by atomic mass is 9.77. The number of hydrogen-bond donors (Lipinski definition) is 14. The molecule has 2 aliphatic rings. The first-order chi connectivity index (χ1) is 20.9. The van der Waals surface area contributed by atoms with E-state index in [1.54, 1.807) is 0 Å². The smallest absolute Gasteiger partial charge is 0.238 e. The summed E-state index contributed by atoms with van der Waals surface area (Å²) in [5, 5.41) is 149. The molecular formula is C27H30O18. The van der Waals surface area contributed by atoms with Gasteiger partial charge in [-0.2, -0.15) is 0 Å². The summed E-state index contributed by atoms with van der Waals surface area (Å²) in [5.41, 5.74) is -9.22. The number of ether oxygens (including phenoxy) is 2. The van der Waals surface area contributed by atoms with Gasteiger partial charge in [0.2, 0.25) is 17.0 Å². The topological polar surface area (TPSA) is 332 Å². The fraction of sp³-hybridized carbons (Fsp3) is 0.444. The lowest BCUT2D eigenvalue weighted by molar-refractivity contribution is -0.358. The molecule has 45 heavy (non-hydrogen) atoms. The number of phenolic OH excluding ortho intramolecular Hbond substituents is 4. The van der Waals surface area contributed by atoms with Gasteiger partial charge >= 0.3 is 0 Å². The van der Waals surface area contributed by atoms with Crippen LogP contribution in [0.15, 0.2) is 27.4 Å². The first-order valence-electron chi connectivity index (χ1n) is 13.2. The van der Waals surface area contributed by atoms with Crippen molar-refractivity contribution in [3.63, 3.8) is 0 Å². The molecule has 0 bridgehead atoms. The maximum atomic E-state index is 13.6. The number of aromatic hydroxyl groups is 5. The van der Waals surface area contributed by atoms with Gasteiger partial charge in [0.05, 0.1) is 23.8 Å². The molecule has 2 unspecified atom stereocenters. The predicted molar refractivity (Wildman–Crippen MR) is 143 cm³/mol. The molecule has 2 aliphatic heterocycles. The molecule has 2 saturated heterocycles. The molecule has 3 aromatic rings. The Kier molecular flexibility index (Phi) is 7.92. The van der Waals surface area contributed by atoms with Crippen LogP contribution in [0.5, 0.6) is 28.7 Å². The lowest BCUT2D eigenvalue weighted by Gasteiger charge is -2.48. The van der Waals surface area contributed by atoms with Crippen molar-refractivity contribution >= 4 is 11.0 Å². The fourth-order valence-corrected chi connectivity index (χ4v) is 5.64. The van der Waals surface area contributed by atoms with Crippen LogP contribution in [0, 0.1) is 0 Å². The Hall–Kier alpha value is -3.79. The highest BCUT2D eigenvalue weighted by Crippen LogP contribution is 2.54. The Balaban J connectivity index is 1.95. The third kappa shape index (κ3) is 4.50. The maximum Gasteiger partial charge on any atom is 0.238 e. The van der Waals surface area contributed by atoms with E-state index < -0.39 is 129 Å². The second-order valence-corrected chi connectivity index (χ2v) is 10.9. The van der Waals surface area contributed by atoms with Gasteiger partial charge in [0.25, 0.3) is 0 Å². The molecule has 3 heterocycles. The van der Waals surface area contributed by atoms with E-state index in [0.29, 0.717) is 0 Å². The quantitative estimate of drug-likeness (QED) is 0.122. The third-order valence-corrected chi connectivity index (χ3v) is 8.20. The molecule has 18 heteroatoms. The largest absolute Gasteiger partial charge is 0.507 e. The second-order valence-electron chi connectivity index (χ2n) is 10.9. The number of aliphatic hydroxyl groups excluding tert-OH is 7. The van der Waals surface area contributed by atoms with E-state index in [1.165, 1.54) is 6.92 Å². The number of hydrogen-bond acceptors (Lipinski definition) is 18. The summed E-state index contributed by atoms with van der Waals surface area (Å²) in [6, 6.07) is 2.78. The molecule has 0 saturated carbocycles. The van der Waals surface area contributed by atoms with Crippen molar-refractivity contribution in [1.29, 1.82) is 0 Å². The SMILES string of the molecule is C[C@@H]1OC(O)[C@](O)(c2c(O)c(C3(O)O[C@H](CO)[C@@H](O)[C@H](O)[C@H]3O)c(O)c3c(=O)c(O)c(-c4ccc(O)c(O)c4)oc23)[C@H](O)[C@H]1O. The zero-order valence-corrected chi connectivity index (χ0v) is 23.0. The summed E-state index contributed by atoms with van der Waals surface area (Å²) in [6.07, 6.45) is -17.5. The zero-order chi connectivity index (χ0) is 33.5. The van der Waals surface area contributed by atoms with E-state index in [4.69, 9.17) is 13.9 Å². The van der Waals surface area contributed by atoms with Gasteiger partial charge in [-0.15, -0.1) is 0 Å². The normalized spacial score (nSPS) is 35.5. The van der Waals surface area contributed by atoms with Crippen molar-refractivity contribution in [2.24, 2.45) is 0 Å². The molecule has 5 rings (SSSR count). The Morgan fingerprint density at radius 2 is 1.44 bits per heavy atom. The highest BCUT2D eigenvalue weighted by atomic mass is 16.7. The predicted octanol–water partition coefficient (Wildman–Crippen LogP) is -3.75. The molecule has 10 atom stereocenters. The van der Waals surface area contributed by atoms with Crippen LogP contribution in [0.1, 0.15) is 18.1 Å². The zero-order valence-electron chi connectivity index (χ0n) is 23.0. The fourth-order valence-electron chi connectivity index (χ4n) is 5.64. The van der Waals surface area contributed by atoms with Crippen LogP contribution in [0.25, 0.3) is 22.3 Å². The summed E-state index contributed by atoms with van der Waals surface area (Å²) in [6.45, 7) is 0.0569. The minimum atomic E-state index is -3.56. The molecule has 14 N–H and O–H groups in total. The minimum Gasteiger partial charge on any atom is -0.507 e. The Labute approximate surface area is 250 Å². The van der Waals surface area contributed by atoms with E-state index in [2.05, 4.69) is 0 Å². The Bertz CT molecular complexity index is 1700. The monoisotopic (exact) mass is 642 g/mol. The number of benzene rings is 2. The summed E-state index contributed by atoms with van der Waals surface area (Å²) in [7, 11) is 0. The van der Waals surface area contributed by atoms with Crippen molar-refractivity contribution in [3.8, 4) is 40.1 Å². The van der Waals surface area contributed by atoms with Gasteiger partial charge in [-0.3, -0.25) is 4.79 Å². The van der Waals surface area contributed by atoms with Crippen LogP contribution >= 0.6 is 0 Å². The van der Waals surface area contributed by atoms with Crippen molar-refractivity contribution in [2.45, 2.75) is 67.3 Å². The third-order valence-electron chi connectivity index (χ3n) is 8.20. The van der Waals surface area contributed by atoms with Crippen molar-refractivity contribution < 1.29 is 85.4 Å². The van der Waals surface area contributed by atoms with E-state index in [0.717, 1.165) is 18.2 Å². The van der Waals surface area contributed by atoms with Gasteiger partial charge in [0.1, 0.15) is 53.5 Å². The summed E-state index contributed by atoms with van der Waals surface area (Å²) in [4.78, 5) is 13.6. The molecule has 0 aliphatic carbocycles. The second kappa shape index (κ2) is 10.9. The van der Waals surface area contributed by atoms with Crippen LogP contribution in [0.3, 0.4) is 0 Å². The van der Waals surface area contributed by atoms with E-state index >= 15 is 0 Å². The van der Waals surface area contributed by atoms with Crippen molar-refractivity contribution in [3.05, 3.63) is 39.5 Å². The number of rotatable bonds is 4. The Morgan fingerprint density at radius 1 is 0.800 bits per heavy atom. The molecule has 18 nitrogen and oxygen atoms in total. The molecule has 246 valence electrons. The first-order valence-corrected chi connectivity index (χ1v) is 13.2. The highest BCUT2D eigenvalue weighted by Gasteiger charge is 2.61. The molecule has 0 spiro atoms. The maximum absolute atomic E-state index is 13.6. The van der Waals surface area contributed by atoms with Gasteiger partial charge in [-0.25, -0.2) is 0 Å². The highest BCUT2D eigenvalue weighted by molar-refractivity contribution is 5.94. The summed E-state index contributed by atoms with van der Waals surface area (Å²) < 4.78 is 15.9. The lowest BCUT2D eigenvalue weighted by Crippen LogP contribution is -2.64. The van der Waals surface area contributed by atoms with E-state index in [-0.39, 0.29) is 5.56 Å². The van der Waals surface area contributed by atoms with Crippen LogP contribution in [0.4, 0.5) is 0 Å². The molecular weight excluding hydrogens is 612 g/mol. The van der Waals surface area contributed by atoms with Crippen LogP contribution in [0.2, 0.25) is 0 Å². The van der Waals surface area contributed by atoms with Crippen molar-refractivity contribution in [1.82, 2.24) is 0 Å². The molecule has 0 radical (unpaired) electrons. The average Bonchev–Trinajstić information content (AvgIpc) is 2.99. The van der Waals surface area contributed by atoms with Gasteiger partial charge in [-0.05, 0) is 25.1 Å². The number of fused-ring (bicyclic) bond motifs is 1. The van der Waals surface area contributed by atoms with Crippen LogP contribution in [-0.2, 0) is 20.9 Å². The number of aliphatic hydroxyl groups is 9. The van der Waals surface area contributed by atoms with E-state index in [9.17, 15) is 76.3 Å². The standard InChI is InChI=1S/C27H30O18/c1-6-14(31)23(38)26(41,25(40)43-6)13-18(35)12(27(42)24(39)20(37)15(32)10(5-28)45-27)16(33)11-17(34)19(36)21(44-22(11)13)7-2-3-8(29)9(30)4-7/h2-4,6,10,14-15,20,23-25,28-33,35-42H,5H2,1H3/t6-,10+,14-,15+,20-,23+,24+,25?,26-,27?/m0/s1. The Morgan fingerprint density at radius 3 is 2.04 bits per heavy atom. The average molecular weight is 643 g/mol.